The maximum atomic E-state index is 12.4. The third kappa shape index (κ3) is 13.3. The Morgan fingerprint density at radius 1 is 1.12 bits per heavy atom. The van der Waals surface area contributed by atoms with Gasteiger partial charge in [-0.1, -0.05) is 20.4 Å². The number of carbonyl (C=O) groups is 5. The predicted molar refractivity (Wildman–Crippen MR) is 157 cm³/mol. The van der Waals surface area contributed by atoms with Crippen molar-refractivity contribution in [3.63, 3.8) is 0 Å². The zero-order valence-electron chi connectivity index (χ0n) is 24.7. The Balaban J connectivity index is 0.00000163. The van der Waals surface area contributed by atoms with Gasteiger partial charge in [-0.3, -0.25) is 14.4 Å². The SMILES string of the molecule is C=C(NC(=O)c1csc(-c2ccc(NC(=O)C(C)(C)CO)cc2)n1)C(=O)NC(C)C(=O)OC.CC(C)CCC([NH-])=O.[Y]. The van der Waals surface area contributed by atoms with Crippen LogP contribution in [0.5, 0.6) is 0 Å². The first kappa shape index (κ1) is 39.0. The van der Waals surface area contributed by atoms with Crippen molar-refractivity contribution in [2.24, 2.45) is 11.3 Å². The molecule has 5 N–H and O–H groups in total. The van der Waals surface area contributed by atoms with Gasteiger partial charge in [0.05, 0.1) is 24.8 Å². The number of esters is 1. The normalized spacial score (nSPS) is 11.1. The van der Waals surface area contributed by atoms with E-state index < -0.39 is 35.1 Å². The Hall–Kier alpha value is -3.00. The van der Waals surface area contributed by atoms with Crippen molar-refractivity contribution in [1.82, 2.24) is 15.6 Å². The number of carbonyl (C=O) groups excluding carboxylic acids is 5. The van der Waals surface area contributed by atoms with E-state index in [2.05, 4.69) is 32.3 Å². The van der Waals surface area contributed by atoms with Crippen LogP contribution in [-0.4, -0.2) is 59.4 Å². The van der Waals surface area contributed by atoms with Gasteiger partial charge in [-0.05, 0) is 63.8 Å². The second-order valence-electron chi connectivity index (χ2n) is 10.1. The summed E-state index contributed by atoms with van der Waals surface area (Å²) >= 11 is 1.23. The number of hydrogen-bond acceptors (Lipinski definition) is 9. The number of ether oxygens (including phenoxy) is 1. The Morgan fingerprint density at radius 2 is 1.71 bits per heavy atom. The molecule has 0 fully saturated rings. The number of hydrogen-bond donors (Lipinski definition) is 4. The Labute approximate surface area is 275 Å². The van der Waals surface area contributed by atoms with E-state index in [1.54, 1.807) is 38.1 Å². The van der Waals surface area contributed by atoms with Crippen molar-refractivity contribution in [1.29, 1.82) is 0 Å². The van der Waals surface area contributed by atoms with Gasteiger partial charge in [-0.25, -0.2) is 9.78 Å². The smallest absolute Gasteiger partial charge is 0.328 e. The molecule has 1 radical (unpaired) electrons. The van der Waals surface area contributed by atoms with Crippen molar-refractivity contribution >= 4 is 46.6 Å². The van der Waals surface area contributed by atoms with Crippen LogP contribution in [0.15, 0.2) is 41.9 Å². The minimum absolute atomic E-state index is 0. The summed E-state index contributed by atoms with van der Waals surface area (Å²) in [5.74, 6) is -2.19. The summed E-state index contributed by atoms with van der Waals surface area (Å²) in [6, 6.07) is 5.96. The molecule has 0 saturated heterocycles. The molecule has 1 aromatic carbocycles. The minimum atomic E-state index is -0.908. The molecule has 2 rings (SSSR count). The topological polar surface area (TPSA) is 188 Å². The maximum Gasteiger partial charge on any atom is 0.328 e. The average Bonchev–Trinajstić information content (AvgIpc) is 3.42. The molecule has 42 heavy (non-hydrogen) atoms. The van der Waals surface area contributed by atoms with Gasteiger partial charge >= 0.3 is 5.97 Å². The van der Waals surface area contributed by atoms with E-state index in [9.17, 15) is 29.1 Å². The summed E-state index contributed by atoms with van der Waals surface area (Å²) in [7, 11) is 1.20. The number of amides is 4. The molecule has 4 amide bonds. The Morgan fingerprint density at radius 3 is 2.19 bits per heavy atom. The van der Waals surface area contributed by atoms with Crippen molar-refractivity contribution in [2.45, 2.75) is 53.5 Å². The number of aliphatic hydroxyl groups excluding tert-OH is 1. The van der Waals surface area contributed by atoms with Crippen LogP contribution >= 0.6 is 11.3 Å². The largest absolute Gasteiger partial charge is 0.668 e. The Kier molecular flexibility index (Phi) is 17.2. The standard InChI is InChI=1S/C22H26N4O6S.C6H13NO.Y/c1-12(17(28)24-13(2)20(30)32-5)23-18(29)16-10-33-19(26-16)14-6-8-15(9-7-14)25-21(31)22(3,4)11-27;1-5(2)3-4-6(7)8;/h6-10,13,27H,1,11H2,2-5H3,(H,23,29)(H,24,28)(H,25,31);5H,3-4H2,1-2H3,(H2,7,8);/p-1. The van der Waals surface area contributed by atoms with Gasteiger partial charge in [-0.15, -0.1) is 11.3 Å². The van der Waals surface area contributed by atoms with Crippen LogP contribution in [-0.2, 0) is 56.6 Å². The van der Waals surface area contributed by atoms with Crippen LogP contribution in [0.2, 0.25) is 0 Å². The van der Waals surface area contributed by atoms with Crippen LogP contribution in [0.25, 0.3) is 16.3 Å². The summed E-state index contributed by atoms with van der Waals surface area (Å²) in [5, 5.41) is 18.8. The van der Waals surface area contributed by atoms with Gasteiger partial charge in [0.2, 0.25) is 5.91 Å². The number of nitrogens with zero attached hydrogens (tertiary/aromatic N) is 1. The zero-order chi connectivity index (χ0) is 31.3. The first-order chi connectivity index (χ1) is 19.1. The first-order valence-electron chi connectivity index (χ1n) is 12.7. The summed E-state index contributed by atoms with van der Waals surface area (Å²) in [6.45, 7) is 12.0. The van der Waals surface area contributed by atoms with Gasteiger partial charge in [0.15, 0.2) is 0 Å². The average molecular weight is 678 g/mol. The van der Waals surface area contributed by atoms with Crippen molar-refractivity contribution in [3.8, 4) is 10.6 Å². The second-order valence-corrected chi connectivity index (χ2v) is 11.0. The van der Waals surface area contributed by atoms with E-state index in [4.69, 9.17) is 5.73 Å². The van der Waals surface area contributed by atoms with Crippen LogP contribution < -0.4 is 16.0 Å². The number of aliphatic hydroxyl groups is 1. The zero-order valence-corrected chi connectivity index (χ0v) is 28.4. The Bertz CT molecular complexity index is 1250. The van der Waals surface area contributed by atoms with E-state index in [0.29, 0.717) is 23.0 Å². The molecule has 0 aliphatic carbocycles. The fourth-order valence-electron chi connectivity index (χ4n) is 2.78. The second kappa shape index (κ2) is 18.5. The number of nitrogens with one attached hydrogen (secondary N) is 4. The van der Waals surface area contributed by atoms with E-state index in [0.717, 1.165) is 12.0 Å². The molecule has 1 heterocycles. The van der Waals surface area contributed by atoms with E-state index in [1.165, 1.54) is 30.8 Å². The maximum absolute atomic E-state index is 12.4. The molecular formula is C28H38N5O7SY-. The molecule has 0 saturated carbocycles. The number of benzene rings is 1. The number of rotatable bonds is 12. The monoisotopic (exact) mass is 677 g/mol. The van der Waals surface area contributed by atoms with Gasteiger partial charge in [-0.2, -0.15) is 0 Å². The summed E-state index contributed by atoms with van der Waals surface area (Å²) in [6.07, 6.45) is 1.26. The molecule has 0 spiro atoms. The van der Waals surface area contributed by atoms with Gasteiger partial charge in [0, 0.05) is 55.2 Å². The third-order valence-corrected chi connectivity index (χ3v) is 6.42. The molecule has 0 aliphatic heterocycles. The summed E-state index contributed by atoms with van der Waals surface area (Å²) < 4.78 is 4.52. The number of anilines is 1. The number of thiazole rings is 1. The van der Waals surface area contributed by atoms with Crippen LogP contribution in [0.3, 0.4) is 0 Å². The van der Waals surface area contributed by atoms with Gasteiger partial charge in [0.1, 0.15) is 16.7 Å². The minimum Gasteiger partial charge on any atom is -0.668 e. The van der Waals surface area contributed by atoms with Crippen LogP contribution in [0.1, 0.15) is 57.9 Å². The van der Waals surface area contributed by atoms with E-state index in [-0.39, 0.29) is 56.6 Å². The molecular weight excluding hydrogens is 639 g/mol. The van der Waals surface area contributed by atoms with Crippen molar-refractivity contribution in [3.05, 3.63) is 53.3 Å². The van der Waals surface area contributed by atoms with Crippen molar-refractivity contribution in [2.75, 3.05) is 19.0 Å². The first-order valence-corrected chi connectivity index (χ1v) is 13.6. The summed E-state index contributed by atoms with van der Waals surface area (Å²) in [5.41, 5.74) is 6.76. The fraction of sp³-hybridized carbons (Fsp3) is 0.429. The number of methoxy groups -OCH3 is 1. The number of aromatic nitrogens is 1. The molecule has 1 atom stereocenters. The molecule has 12 nitrogen and oxygen atoms in total. The third-order valence-electron chi connectivity index (χ3n) is 5.53. The van der Waals surface area contributed by atoms with E-state index >= 15 is 0 Å². The van der Waals surface area contributed by atoms with Gasteiger partial charge in [0.25, 0.3) is 11.8 Å². The molecule has 14 heteroatoms. The molecule has 1 aromatic heterocycles. The molecule has 2 aromatic rings. The molecule has 0 aliphatic rings. The predicted octanol–water partition coefficient (Wildman–Crippen LogP) is 3.69. The van der Waals surface area contributed by atoms with Gasteiger partial charge < -0.3 is 36.3 Å². The fourth-order valence-corrected chi connectivity index (χ4v) is 3.58. The quantitative estimate of drug-likeness (QED) is 0.193. The van der Waals surface area contributed by atoms with E-state index in [1.807, 2.05) is 13.8 Å². The molecule has 1 unspecified atom stereocenters. The van der Waals surface area contributed by atoms with Crippen LogP contribution in [0, 0.1) is 11.3 Å². The summed E-state index contributed by atoms with van der Waals surface area (Å²) in [4.78, 5) is 62.3. The molecule has 0 bridgehead atoms. The molecule has 227 valence electrons. The van der Waals surface area contributed by atoms with Crippen LogP contribution in [0.4, 0.5) is 5.69 Å². The van der Waals surface area contributed by atoms with Crippen molar-refractivity contribution < 1.29 is 66.5 Å².